The molecule has 0 amide bonds. The van der Waals surface area contributed by atoms with E-state index in [9.17, 15) is 0 Å². The molecule has 4 unspecified atom stereocenters. The van der Waals surface area contributed by atoms with Gasteiger partial charge < -0.3 is 0 Å². The Morgan fingerprint density at radius 2 is 1.65 bits per heavy atom. The number of hydrogen-bond donors (Lipinski definition) is 0. The number of rotatable bonds is 3. The Morgan fingerprint density at radius 1 is 1.05 bits per heavy atom. The average molecular weight is 281 g/mol. The molecule has 0 saturated heterocycles. The molecular weight excluding hydrogens is 240 g/mol. The summed E-state index contributed by atoms with van der Waals surface area (Å²) in [5.41, 5.74) is 0.562. The van der Waals surface area contributed by atoms with Gasteiger partial charge in [0.25, 0.3) is 0 Å². The van der Waals surface area contributed by atoms with Gasteiger partial charge in [-0.2, -0.15) is 0 Å². The summed E-state index contributed by atoms with van der Waals surface area (Å²) in [5.74, 6) is 2.92. The smallest absolute Gasteiger partial charge is 0.0112 e. The molecule has 0 heterocycles. The second kappa shape index (κ2) is 10.5. The second-order valence-electron chi connectivity index (χ2n) is 6.72. The molecule has 2 aliphatic carbocycles. The number of fused-ring (bicyclic) bond motifs is 1. The quantitative estimate of drug-likeness (QED) is 0.478. The molecule has 0 spiro atoms. The molecule has 0 aromatic rings. The highest BCUT2D eigenvalue weighted by molar-refractivity contribution is 5.12. The van der Waals surface area contributed by atoms with Gasteiger partial charge in [0.15, 0.2) is 0 Å². The first kappa shape index (κ1) is 19.7. The van der Waals surface area contributed by atoms with Gasteiger partial charge in [-0.05, 0) is 42.4 Å². The van der Waals surface area contributed by atoms with Crippen molar-refractivity contribution in [2.24, 2.45) is 23.2 Å². The third-order valence-electron chi connectivity index (χ3n) is 5.24. The first-order valence-corrected chi connectivity index (χ1v) is 9.26. The summed E-state index contributed by atoms with van der Waals surface area (Å²) >= 11 is 0. The van der Waals surface area contributed by atoms with E-state index < -0.39 is 0 Å². The van der Waals surface area contributed by atoms with Crippen LogP contribution < -0.4 is 0 Å². The highest BCUT2D eigenvalue weighted by Gasteiger charge is 2.44. The molecule has 0 radical (unpaired) electrons. The maximum Gasteiger partial charge on any atom is -0.0112 e. The van der Waals surface area contributed by atoms with Crippen LogP contribution in [0.3, 0.4) is 0 Å². The monoisotopic (exact) mass is 280 g/mol. The van der Waals surface area contributed by atoms with Gasteiger partial charge in [-0.15, -0.1) is 0 Å². The van der Waals surface area contributed by atoms with Crippen LogP contribution in [0.2, 0.25) is 0 Å². The van der Waals surface area contributed by atoms with Gasteiger partial charge in [-0.1, -0.05) is 86.3 Å². The second-order valence-corrected chi connectivity index (χ2v) is 6.72. The van der Waals surface area contributed by atoms with E-state index in [2.05, 4.69) is 46.8 Å². The molecule has 0 nitrogen and oxygen atoms in total. The Balaban J connectivity index is 0.000000521. The molecule has 2 rings (SSSR count). The summed E-state index contributed by atoms with van der Waals surface area (Å²) < 4.78 is 0. The van der Waals surface area contributed by atoms with Crippen LogP contribution in [0.4, 0.5) is 0 Å². The molecule has 0 aromatic carbocycles. The van der Waals surface area contributed by atoms with Gasteiger partial charge in [0.1, 0.15) is 0 Å². The van der Waals surface area contributed by atoms with Crippen LogP contribution in [0.15, 0.2) is 12.2 Å². The molecule has 0 heteroatoms. The first-order chi connectivity index (χ1) is 9.59. The molecular formula is C20H40. The van der Waals surface area contributed by atoms with E-state index in [0.717, 1.165) is 17.8 Å². The van der Waals surface area contributed by atoms with Crippen LogP contribution in [0, 0.1) is 23.2 Å². The third-order valence-corrected chi connectivity index (χ3v) is 5.24. The minimum atomic E-state index is 0.562. The summed E-state index contributed by atoms with van der Waals surface area (Å²) in [6.07, 6.45) is 14.6. The molecule has 0 aromatic heterocycles. The van der Waals surface area contributed by atoms with Crippen molar-refractivity contribution in [1.82, 2.24) is 0 Å². The maximum absolute atomic E-state index is 2.51. The molecule has 2 aliphatic rings. The molecule has 0 N–H and O–H groups in total. The molecule has 20 heavy (non-hydrogen) atoms. The van der Waals surface area contributed by atoms with E-state index >= 15 is 0 Å². The number of allylic oxidation sites excluding steroid dienone is 2. The Morgan fingerprint density at radius 3 is 2.15 bits per heavy atom. The van der Waals surface area contributed by atoms with E-state index in [-0.39, 0.29) is 0 Å². The highest BCUT2D eigenvalue weighted by Crippen LogP contribution is 2.53. The van der Waals surface area contributed by atoms with Crippen molar-refractivity contribution in [3.8, 4) is 0 Å². The zero-order valence-electron chi connectivity index (χ0n) is 15.3. The van der Waals surface area contributed by atoms with Gasteiger partial charge in [0, 0.05) is 0 Å². The Bertz CT molecular complexity index is 251. The first-order valence-electron chi connectivity index (χ1n) is 9.26. The van der Waals surface area contributed by atoms with Crippen LogP contribution in [-0.2, 0) is 0 Å². The fourth-order valence-corrected chi connectivity index (χ4v) is 3.78. The SMILES string of the molecule is CC.CCCC.CCCC1C(C)CCC2(C)C=CCC12. The van der Waals surface area contributed by atoms with Gasteiger partial charge >= 0.3 is 0 Å². The van der Waals surface area contributed by atoms with Crippen molar-refractivity contribution in [2.75, 3.05) is 0 Å². The molecule has 1 saturated carbocycles. The van der Waals surface area contributed by atoms with E-state index in [0.29, 0.717) is 5.41 Å². The van der Waals surface area contributed by atoms with Crippen LogP contribution in [-0.4, -0.2) is 0 Å². The van der Waals surface area contributed by atoms with E-state index in [4.69, 9.17) is 0 Å². The third kappa shape index (κ3) is 5.26. The normalized spacial score (nSPS) is 34.5. The Hall–Kier alpha value is -0.260. The summed E-state index contributed by atoms with van der Waals surface area (Å²) in [7, 11) is 0. The summed E-state index contributed by atoms with van der Waals surface area (Å²) in [5, 5.41) is 0. The largest absolute Gasteiger partial charge is 0.0877 e. The van der Waals surface area contributed by atoms with Crippen LogP contribution in [0.1, 0.15) is 93.4 Å². The summed E-state index contributed by atoms with van der Waals surface area (Å²) in [6.45, 7) is 15.6. The van der Waals surface area contributed by atoms with E-state index in [1.807, 2.05) is 13.8 Å². The van der Waals surface area contributed by atoms with Gasteiger partial charge in [0.2, 0.25) is 0 Å². The lowest BCUT2D eigenvalue weighted by Crippen LogP contribution is -2.37. The zero-order valence-corrected chi connectivity index (χ0v) is 15.3. The van der Waals surface area contributed by atoms with Crippen molar-refractivity contribution < 1.29 is 0 Å². The van der Waals surface area contributed by atoms with Crippen LogP contribution in [0.25, 0.3) is 0 Å². The molecule has 1 fully saturated rings. The highest BCUT2D eigenvalue weighted by atomic mass is 14.5. The summed E-state index contributed by atoms with van der Waals surface area (Å²) in [6, 6.07) is 0. The lowest BCUT2D eigenvalue weighted by Gasteiger charge is -2.45. The molecule has 4 atom stereocenters. The zero-order chi connectivity index (χ0) is 15.6. The van der Waals surface area contributed by atoms with Gasteiger partial charge in [0.05, 0.1) is 0 Å². The topological polar surface area (TPSA) is 0 Å². The standard InChI is InChI=1S/C14H24.C4H10.C2H6/c1-4-6-12-11(2)8-10-14(3)9-5-7-13(12)14;1-3-4-2;1-2/h5,9,11-13H,4,6-8,10H2,1-3H3;3-4H2,1-2H3;1-2H3. The van der Waals surface area contributed by atoms with Crippen LogP contribution >= 0.6 is 0 Å². The molecule has 0 bridgehead atoms. The lowest BCUT2D eigenvalue weighted by atomic mass is 9.60. The van der Waals surface area contributed by atoms with E-state index in [1.54, 1.807) is 0 Å². The average Bonchev–Trinajstić information content (AvgIpc) is 2.87. The fraction of sp³-hybridized carbons (Fsp3) is 0.900. The Labute approximate surface area is 129 Å². The number of unbranched alkanes of at least 4 members (excludes halogenated alkanes) is 1. The van der Waals surface area contributed by atoms with Crippen LogP contribution in [0.5, 0.6) is 0 Å². The van der Waals surface area contributed by atoms with Crippen molar-refractivity contribution in [3.05, 3.63) is 12.2 Å². The summed E-state index contributed by atoms with van der Waals surface area (Å²) in [4.78, 5) is 0. The van der Waals surface area contributed by atoms with E-state index in [1.165, 1.54) is 44.9 Å². The lowest BCUT2D eigenvalue weighted by molar-refractivity contribution is 0.0632. The minimum absolute atomic E-state index is 0.562. The van der Waals surface area contributed by atoms with Crippen molar-refractivity contribution in [1.29, 1.82) is 0 Å². The van der Waals surface area contributed by atoms with Crippen molar-refractivity contribution in [3.63, 3.8) is 0 Å². The van der Waals surface area contributed by atoms with Crippen molar-refractivity contribution in [2.45, 2.75) is 93.4 Å². The van der Waals surface area contributed by atoms with Gasteiger partial charge in [-0.3, -0.25) is 0 Å². The molecule has 0 aliphatic heterocycles. The number of hydrogen-bond acceptors (Lipinski definition) is 0. The molecule has 120 valence electrons. The van der Waals surface area contributed by atoms with Gasteiger partial charge in [-0.25, -0.2) is 0 Å². The Kier molecular flexibility index (Phi) is 10.3. The predicted molar refractivity (Wildman–Crippen MR) is 94.1 cm³/mol. The predicted octanol–water partition coefficient (Wildman–Crippen LogP) is 7.25. The maximum atomic E-state index is 2.51. The minimum Gasteiger partial charge on any atom is -0.0877 e. The van der Waals surface area contributed by atoms with Crippen molar-refractivity contribution >= 4 is 0 Å². The fourth-order valence-electron chi connectivity index (χ4n) is 3.78.